The van der Waals surface area contributed by atoms with Crippen molar-refractivity contribution in [2.75, 3.05) is 36.2 Å². The van der Waals surface area contributed by atoms with Crippen LogP contribution in [0.5, 0.6) is 0 Å². The first-order valence-electron chi connectivity index (χ1n) is 9.32. The number of sulfone groups is 1. The lowest BCUT2D eigenvalue weighted by Crippen LogP contribution is -2.44. The van der Waals surface area contributed by atoms with Crippen LogP contribution >= 0.6 is 0 Å². The summed E-state index contributed by atoms with van der Waals surface area (Å²) in [6.45, 7) is 3.76. The molecule has 2 aromatic heterocycles. The highest BCUT2D eigenvalue weighted by Gasteiger charge is 2.54. The van der Waals surface area contributed by atoms with Gasteiger partial charge in [-0.15, -0.1) is 4.68 Å². The molecule has 10 nitrogen and oxygen atoms in total. The molecular weight excluding hydrogens is 398 g/mol. The Labute approximate surface area is 168 Å². The molecule has 2 aliphatic rings. The van der Waals surface area contributed by atoms with Gasteiger partial charge >= 0.3 is 6.09 Å². The van der Waals surface area contributed by atoms with E-state index in [1.807, 2.05) is 13.0 Å². The molecule has 3 heterocycles. The predicted molar refractivity (Wildman–Crippen MR) is 107 cm³/mol. The van der Waals surface area contributed by atoms with E-state index >= 15 is 0 Å². The number of hydrogen-bond acceptors (Lipinski definition) is 8. The standard InChI is InChI=1S/C18H23N5O5S/c1-12-11-28-8-7-22(12)16-10-13(18(4-5-18)29(2,26)27)9-14(21-16)20-15-3-6-19-23(15)17(24)25/h3,6,9-10,12H,4-5,7-8,11H2,1-2H3,(H,20,21)(H,24,25). The highest BCUT2D eigenvalue weighted by molar-refractivity contribution is 7.92. The molecule has 0 bridgehead atoms. The number of pyridine rings is 1. The number of aromatic nitrogens is 3. The van der Waals surface area contributed by atoms with Crippen LogP contribution in [0.4, 0.5) is 22.2 Å². The van der Waals surface area contributed by atoms with E-state index in [2.05, 4.69) is 20.3 Å². The van der Waals surface area contributed by atoms with E-state index in [0.717, 1.165) is 4.68 Å². The Bertz CT molecular complexity index is 1050. The third-order valence-electron chi connectivity index (χ3n) is 5.49. The fourth-order valence-corrected chi connectivity index (χ4v) is 5.12. The summed E-state index contributed by atoms with van der Waals surface area (Å²) in [6.07, 6.45) is 2.50. The quantitative estimate of drug-likeness (QED) is 0.743. The molecule has 0 radical (unpaired) electrons. The van der Waals surface area contributed by atoms with Gasteiger partial charge in [-0.25, -0.2) is 18.2 Å². The zero-order valence-corrected chi connectivity index (χ0v) is 17.0. The normalized spacial score (nSPS) is 21.0. The summed E-state index contributed by atoms with van der Waals surface area (Å²) in [6, 6.07) is 5.11. The lowest BCUT2D eigenvalue weighted by Gasteiger charge is -2.35. The van der Waals surface area contributed by atoms with Gasteiger partial charge in [0.05, 0.1) is 30.2 Å². The molecule has 0 spiro atoms. The molecule has 4 rings (SSSR count). The highest BCUT2D eigenvalue weighted by Crippen LogP contribution is 2.53. The van der Waals surface area contributed by atoms with Crippen molar-refractivity contribution < 1.29 is 23.1 Å². The van der Waals surface area contributed by atoms with Crippen LogP contribution in [0.3, 0.4) is 0 Å². The zero-order valence-electron chi connectivity index (χ0n) is 16.2. The lowest BCUT2D eigenvalue weighted by atomic mass is 10.1. The summed E-state index contributed by atoms with van der Waals surface area (Å²) >= 11 is 0. The van der Waals surface area contributed by atoms with Gasteiger partial charge in [-0.1, -0.05) is 0 Å². The molecule has 1 saturated heterocycles. The number of rotatable bonds is 5. The Morgan fingerprint density at radius 3 is 2.76 bits per heavy atom. The van der Waals surface area contributed by atoms with Crippen molar-refractivity contribution in [2.24, 2.45) is 0 Å². The van der Waals surface area contributed by atoms with Crippen molar-refractivity contribution in [3.8, 4) is 0 Å². The summed E-state index contributed by atoms with van der Waals surface area (Å²) in [4.78, 5) is 18.0. The minimum atomic E-state index is -3.32. The second-order valence-electron chi connectivity index (χ2n) is 7.52. The lowest BCUT2D eigenvalue weighted by molar-refractivity contribution is 0.0985. The Hall–Kier alpha value is -2.66. The molecule has 156 valence electrons. The summed E-state index contributed by atoms with van der Waals surface area (Å²) in [7, 11) is -3.32. The smallest absolute Gasteiger partial charge is 0.434 e. The molecule has 29 heavy (non-hydrogen) atoms. The van der Waals surface area contributed by atoms with Gasteiger partial charge in [-0.05, 0) is 37.5 Å². The topological polar surface area (TPSA) is 127 Å². The molecule has 2 fully saturated rings. The van der Waals surface area contributed by atoms with Gasteiger partial charge in [0.1, 0.15) is 17.5 Å². The number of nitrogens with zero attached hydrogens (tertiary/aromatic N) is 4. The molecule has 1 unspecified atom stereocenters. The van der Waals surface area contributed by atoms with Crippen molar-refractivity contribution in [1.82, 2.24) is 14.8 Å². The van der Waals surface area contributed by atoms with Crippen LogP contribution in [0.15, 0.2) is 24.4 Å². The maximum atomic E-state index is 12.5. The summed E-state index contributed by atoms with van der Waals surface area (Å²) < 4.78 is 30.3. The third-order valence-corrected chi connectivity index (χ3v) is 7.56. The molecule has 1 aliphatic heterocycles. The monoisotopic (exact) mass is 421 g/mol. The van der Waals surface area contributed by atoms with Gasteiger partial charge in [0, 0.05) is 18.9 Å². The number of hydrogen-bond donors (Lipinski definition) is 2. The SMILES string of the molecule is CC1COCCN1c1cc(C2(S(C)(=O)=O)CC2)cc(Nc2ccnn2C(=O)O)n1. The Kier molecular flexibility index (Phi) is 4.74. The molecule has 1 aliphatic carbocycles. The second kappa shape index (κ2) is 6.99. The van der Waals surface area contributed by atoms with Gasteiger partial charge < -0.3 is 20.1 Å². The van der Waals surface area contributed by atoms with Crippen LogP contribution in [0.1, 0.15) is 25.3 Å². The summed E-state index contributed by atoms with van der Waals surface area (Å²) in [5, 5.41) is 16.0. The van der Waals surface area contributed by atoms with Crippen LogP contribution < -0.4 is 10.2 Å². The van der Waals surface area contributed by atoms with E-state index in [1.165, 1.54) is 18.5 Å². The van der Waals surface area contributed by atoms with Crippen molar-refractivity contribution >= 4 is 33.4 Å². The Morgan fingerprint density at radius 1 is 1.38 bits per heavy atom. The largest absolute Gasteiger partial charge is 0.463 e. The number of ether oxygens (including phenoxy) is 1. The van der Waals surface area contributed by atoms with Gasteiger partial charge in [-0.3, -0.25) is 0 Å². The first-order chi connectivity index (χ1) is 13.7. The van der Waals surface area contributed by atoms with Crippen LogP contribution in [0, 0.1) is 0 Å². The summed E-state index contributed by atoms with van der Waals surface area (Å²) in [5.41, 5.74) is 0.660. The van der Waals surface area contributed by atoms with E-state index in [-0.39, 0.29) is 11.9 Å². The van der Waals surface area contributed by atoms with Crippen molar-refractivity contribution in [2.45, 2.75) is 30.6 Å². The van der Waals surface area contributed by atoms with Crippen molar-refractivity contribution in [3.63, 3.8) is 0 Å². The molecule has 2 aromatic rings. The molecule has 0 aromatic carbocycles. The average Bonchev–Trinajstić information content (AvgIpc) is 3.36. The molecule has 1 saturated carbocycles. The molecule has 0 amide bonds. The zero-order chi connectivity index (χ0) is 20.8. The molecule has 1 atom stereocenters. The van der Waals surface area contributed by atoms with Gasteiger partial charge in [0.25, 0.3) is 0 Å². The van der Waals surface area contributed by atoms with E-state index in [9.17, 15) is 18.3 Å². The third kappa shape index (κ3) is 3.55. The number of morpholine rings is 1. The Balaban J connectivity index is 1.78. The minimum Gasteiger partial charge on any atom is -0.463 e. The van der Waals surface area contributed by atoms with E-state index in [1.54, 1.807) is 6.07 Å². The van der Waals surface area contributed by atoms with E-state index in [0.29, 0.717) is 49.8 Å². The molecule has 2 N–H and O–H groups in total. The fourth-order valence-electron chi connectivity index (χ4n) is 3.73. The highest BCUT2D eigenvalue weighted by atomic mass is 32.2. The maximum absolute atomic E-state index is 12.5. The van der Waals surface area contributed by atoms with Crippen LogP contribution in [0.25, 0.3) is 0 Å². The van der Waals surface area contributed by atoms with Crippen LogP contribution in [-0.4, -0.2) is 66.4 Å². The molecule has 11 heteroatoms. The number of nitrogens with one attached hydrogen (secondary N) is 1. The van der Waals surface area contributed by atoms with Gasteiger partial charge in [0.15, 0.2) is 9.84 Å². The Morgan fingerprint density at radius 2 is 2.14 bits per heavy atom. The van der Waals surface area contributed by atoms with Gasteiger partial charge in [0.2, 0.25) is 0 Å². The molecular formula is C18H23N5O5S. The first-order valence-corrected chi connectivity index (χ1v) is 11.2. The summed E-state index contributed by atoms with van der Waals surface area (Å²) in [5.74, 6) is 1.23. The maximum Gasteiger partial charge on any atom is 0.434 e. The fraction of sp³-hybridized carbons (Fsp3) is 0.500. The van der Waals surface area contributed by atoms with E-state index < -0.39 is 20.7 Å². The predicted octanol–water partition coefficient (Wildman–Crippen LogP) is 1.81. The van der Waals surface area contributed by atoms with Crippen LogP contribution in [0.2, 0.25) is 0 Å². The second-order valence-corrected chi connectivity index (χ2v) is 9.84. The van der Waals surface area contributed by atoms with Crippen molar-refractivity contribution in [3.05, 3.63) is 30.0 Å². The van der Waals surface area contributed by atoms with Gasteiger partial charge in [-0.2, -0.15) is 5.10 Å². The van der Waals surface area contributed by atoms with Crippen molar-refractivity contribution in [1.29, 1.82) is 0 Å². The van der Waals surface area contributed by atoms with Crippen LogP contribution in [-0.2, 0) is 19.3 Å². The minimum absolute atomic E-state index is 0.0808. The number of carbonyl (C=O) groups is 1. The number of carboxylic acid groups (broad SMARTS) is 1. The average molecular weight is 421 g/mol. The first kappa shape index (κ1) is 19.6. The van der Waals surface area contributed by atoms with E-state index in [4.69, 9.17) is 4.74 Å². The number of anilines is 3.